The third-order valence-electron chi connectivity index (χ3n) is 4.83. The van der Waals surface area contributed by atoms with Crippen molar-refractivity contribution >= 4 is 28.4 Å². The lowest BCUT2D eigenvalue weighted by atomic mass is 9.96. The van der Waals surface area contributed by atoms with Crippen LogP contribution < -0.4 is 15.0 Å². The fraction of sp³-hybridized carbons (Fsp3) is 0.300. The van der Waals surface area contributed by atoms with Gasteiger partial charge in [-0.1, -0.05) is 18.2 Å². The molecule has 0 aliphatic carbocycles. The molecule has 138 valence electrons. The Kier molecular flexibility index (Phi) is 4.82. The van der Waals surface area contributed by atoms with Gasteiger partial charge in [0, 0.05) is 36.7 Å². The number of piperidine rings is 1. The van der Waals surface area contributed by atoms with Crippen molar-refractivity contribution in [2.24, 2.45) is 5.92 Å². The molecule has 7 nitrogen and oxygen atoms in total. The van der Waals surface area contributed by atoms with E-state index >= 15 is 0 Å². The first-order valence-corrected chi connectivity index (χ1v) is 9.00. The van der Waals surface area contributed by atoms with Crippen molar-refractivity contribution in [3.63, 3.8) is 0 Å². The smallest absolute Gasteiger partial charge is 0.228 e. The molecular formula is C20H21N5O2. The van der Waals surface area contributed by atoms with Crippen molar-refractivity contribution in [2.75, 3.05) is 30.4 Å². The molecule has 0 unspecified atom stereocenters. The Morgan fingerprint density at radius 3 is 2.81 bits per heavy atom. The number of fused-ring (bicyclic) bond motifs is 1. The van der Waals surface area contributed by atoms with Crippen LogP contribution in [0, 0.1) is 5.92 Å². The number of ether oxygens (including phenoxy) is 1. The Labute approximate surface area is 157 Å². The van der Waals surface area contributed by atoms with Crippen LogP contribution in [0.4, 0.5) is 11.6 Å². The van der Waals surface area contributed by atoms with Gasteiger partial charge in [-0.2, -0.15) is 4.98 Å². The molecule has 1 aliphatic rings. The minimum absolute atomic E-state index is 0.0293. The number of carbonyl (C=O) groups is 1. The number of hydrogen-bond donors (Lipinski definition) is 1. The number of nitrogens with zero attached hydrogens (tertiary/aromatic N) is 4. The van der Waals surface area contributed by atoms with Crippen LogP contribution >= 0.6 is 0 Å². The molecular weight excluding hydrogens is 342 g/mol. The molecule has 1 aliphatic heterocycles. The molecule has 27 heavy (non-hydrogen) atoms. The monoisotopic (exact) mass is 363 g/mol. The summed E-state index contributed by atoms with van der Waals surface area (Å²) in [6.45, 7) is 1.47. The van der Waals surface area contributed by atoms with Gasteiger partial charge >= 0.3 is 0 Å². The first-order chi connectivity index (χ1) is 13.2. The van der Waals surface area contributed by atoms with E-state index < -0.39 is 0 Å². The predicted octanol–water partition coefficient (Wildman–Crippen LogP) is 2.89. The molecule has 1 aromatic carbocycles. The first-order valence-electron chi connectivity index (χ1n) is 9.00. The summed E-state index contributed by atoms with van der Waals surface area (Å²) in [6, 6.07) is 11.5. The van der Waals surface area contributed by atoms with Crippen molar-refractivity contribution in [1.82, 2.24) is 15.0 Å². The number of rotatable bonds is 4. The van der Waals surface area contributed by atoms with E-state index in [0.29, 0.717) is 11.8 Å². The highest BCUT2D eigenvalue weighted by atomic mass is 16.5. The van der Waals surface area contributed by atoms with E-state index in [0.717, 1.165) is 42.5 Å². The normalized spacial score (nSPS) is 14.9. The Hall–Kier alpha value is -3.22. The second kappa shape index (κ2) is 7.57. The topological polar surface area (TPSA) is 80.2 Å². The van der Waals surface area contributed by atoms with Gasteiger partial charge in [0.05, 0.1) is 24.5 Å². The van der Waals surface area contributed by atoms with Crippen LogP contribution in [-0.2, 0) is 4.79 Å². The quantitative estimate of drug-likeness (QED) is 0.768. The zero-order valence-corrected chi connectivity index (χ0v) is 15.1. The summed E-state index contributed by atoms with van der Waals surface area (Å²) >= 11 is 0. The maximum atomic E-state index is 12.6. The van der Waals surface area contributed by atoms with Crippen LogP contribution in [0.15, 0.2) is 48.8 Å². The Morgan fingerprint density at radius 1 is 1.19 bits per heavy atom. The van der Waals surface area contributed by atoms with E-state index in [-0.39, 0.29) is 11.8 Å². The van der Waals surface area contributed by atoms with Crippen molar-refractivity contribution in [2.45, 2.75) is 12.8 Å². The Bertz CT molecular complexity index is 954. The minimum Gasteiger partial charge on any atom is -0.481 e. The van der Waals surface area contributed by atoms with Crippen molar-refractivity contribution in [3.05, 3.63) is 48.8 Å². The summed E-state index contributed by atoms with van der Waals surface area (Å²) in [5.74, 6) is 1.20. The predicted molar refractivity (Wildman–Crippen MR) is 104 cm³/mol. The lowest BCUT2D eigenvalue weighted by molar-refractivity contribution is -0.120. The maximum Gasteiger partial charge on any atom is 0.228 e. The number of anilines is 2. The van der Waals surface area contributed by atoms with Gasteiger partial charge in [0.1, 0.15) is 0 Å². The van der Waals surface area contributed by atoms with Crippen LogP contribution in [-0.4, -0.2) is 41.1 Å². The number of methoxy groups -OCH3 is 1. The lowest BCUT2D eigenvalue weighted by Crippen LogP contribution is -2.39. The standard InChI is InChI=1S/C20H21N5O2/c1-27-18-6-9-21-20(24-18)25-10-7-14(8-11-25)19(26)23-16-12-15-4-2-3-5-17(15)22-13-16/h2-6,9,12-14H,7-8,10-11H2,1H3,(H,23,26). The maximum absolute atomic E-state index is 12.6. The molecule has 0 spiro atoms. The van der Waals surface area contributed by atoms with Crippen LogP contribution in [0.5, 0.6) is 5.88 Å². The molecule has 0 saturated carbocycles. The summed E-state index contributed by atoms with van der Waals surface area (Å²) in [6.07, 6.45) is 4.91. The van der Waals surface area contributed by atoms with Gasteiger partial charge in [-0.05, 0) is 25.0 Å². The van der Waals surface area contributed by atoms with E-state index in [1.54, 1.807) is 25.6 Å². The van der Waals surface area contributed by atoms with Crippen LogP contribution in [0.2, 0.25) is 0 Å². The van der Waals surface area contributed by atoms with Crippen LogP contribution in [0.1, 0.15) is 12.8 Å². The van der Waals surface area contributed by atoms with Gasteiger partial charge in [0.25, 0.3) is 0 Å². The second-order valence-electron chi connectivity index (χ2n) is 6.57. The van der Waals surface area contributed by atoms with Crippen LogP contribution in [0.3, 0.4) is 0 Å². The van der Waals surface area contributed by atoms with Crippen molar-refractivity contribution in [1.29, 1.82) is 0 Å². The van der Waals surface area contributed by atoms with Crippen molar-refractivity contribution in [3.8, 4) is 5.88 Å². The summed E-state index contributed by atoms with van der Waals surface area (Å²) in [5.41, 5.74) is 1.65. The highest BCUT2D eigenvalue weighted by molar-refractivity contribution is 5.94. The van der Waals surface area contributed by atoms with E-state index in [4.69, 9.17) is 4.74 Å². The number of amides is 1. The molecule has 3 aromatic rings. The SMILES string of the molecule is COc1ccnc(N2CCC(C(=O)Nc3cnc4ccccc4c3)CC2)n1. The van der Waals surface area contributed by atoms with E-state index in [1.165, 1.54) is 0 Å². The van der Waals surface area contributed by atoms with E-state index in [2.05, 4.69) is 25.2 Å². The molecule has 1 saturated heterocycles. The van der Waals surface area contributed by atoms with Crippen molar-refractivity contribution < 1.29 is 9.53 Å². The summed E-state index contributed by atoms with van der Waals surface area (Å²) < 4.78 is 5.15. The molecule has 0 radical (unpaired) electrons. The van der Waals surface area contributed by atoms with E-state index in [1.807, 2.05) is 30.3 Å². The first kappa shape index (κ1) is 17.2. The Morgan fingerprint density at radius 2 is 2.00 bits per heavy atom. The molecule has 1 amide bonds. The molecule has 7 heteroatoms. The van der Waals surface area contributed by atoms with Gasteiger partial charge in [0.2, 0.25) is 17.7 Å². The minimum atomic E-state index is -0.0293. The summed E-state index contributed by atoms with van der Waals surface area (Å²) in [4.78, 5) is 27.8. The molecule has 4 rings (SSSR count). The van der Waals surface area contributed by atoms with Gasteiger partial charge < -0.3 is 15.0 Å². The zero-order valence-electron chi connectivity index (χ0n) is 15.1. The average molecular weight is 363 g/mol. The molecule has 0 bridgehead atoms. The number of hydrogen-bond acceptors (Lipinski definition) is 6. The summed E-state index contributed by atoms with van der Waals surface area (Å²) in [5, 5.41) is 4.02. The molecule has 2 aromatic heterocycles. The van der Waals surface area contributed by atoms with E-state index in [9.17, 15) is 4.79 Å². The van der Waals surface area contributed by atoms with Gasteiger partial charge in [-0.3, -0.25) is 9.78 Å². The average Bonchev–Trinajstić information content (AvgIpc) is 2.74. The largest absolute Gasteiger partial charge is 0.481 e. The molecule has 0 atom stereocenters. The van der Waals surface area contributed by atoms with Gasteiger partial charge in [-0.15, -0.1) is 0 Å². The number of carbonyl (C=O) groups excluding carboxylic acids is 1. The summed E-state index contributed by atoms with van der Waals surface area (Å²) in [7, 11) is 1.59. The number of nitrogens with one attached hydrogen (secondary N) is 1. The number of pyridine rings is 1. The number of para-hydroxylation sites is 1. The number of aromatic nitrogens is 3. The van der Waals surface area contributed by atoms with Gasteiger partial charge in [0.15, 0.2) is 0 Å². The molecule has 1 N–H and O–H groups in total. The van der Waals surface area contributed by atoms with Gasteiger partial charge in [-0.25, -0.2) is 4.98 Å². The third kappa shape index (κ3) is 3.81. The second-order valence-corrected chi connectivity index (χ2v) is 6.57. The highest BCUT2D eigenvalue weighted by Gasteiger charge is 2.26. The van der Waals surface area contributed by atoms with Crippen LogP contribution in [0.25, 0.3) is 10.9 Å². The zero-order chi connectivity index (χ0) is 18.6. The fourth-order valence-electron chi connectivity index (χ4n) is 3.32. The fourth-order valence-corrected chi connectivity index (χ4v) is 3.32. The Balaban J connectivity index is 1.37. The third-order valence-corrected chi connectivity index (χ3v) is 4.83. The number of benzene rings is 1. The highest BCUT2D eigenvalue weighted by Crippen LogP contribution is 2.24. The lowest BCUT2D eigenvalue weighted by Gasteiger charge is -2.31. The molecule has 3 heterocycles. The molecule has 1 fully saturated rings.